The molecule has 1 aliphatic heterocycles. The third kappa shape index (κ3) is 4.89. The SMILES string of the molecule is O=C(C[C@@H]1C(=O)N(c2ccccc2)C(=O)N1CCc1ccccc1)Nc1ccc(Br)cc1. The van der Waals surface area contributed by atoms with Gasteiger partial charge in [0, 0.05) is 16.7 Å². The number of urea groups is 1. The molecule has 1 atom stereocenters. The zero-order chi connectivity index (χ0) is 22.5. The molecule has 7 heteroatoms. The van der Waals surface area contributed by atoms with E-state index in [1.807, 2.05) is 48.5 Å². The van der Waals surface area contributed by atoms with E-state index >= 15 is 0 Å². The van der Waals surface area contributed by atoms with E-state index in [-0.39, 0.29) is 18.2 Å². The maximum Gasteiger partial charge on any atom is 0.332 e. The fourth-order valence-electron chi connectivity index (χ4n) is 3.72. The number of hydrogen-bond donors (Lipinski definition) is 1. The van der Waals surface area contributed by atoms with Crippen LogP contribution in [0.5, 0.6) is 0 Å². The number of carbonyl (C=O) groups is 3. The number of benzene rings is 3. The second-order valence-electron chi connectivity index (χ2n) is 7.50. The first-order valence-electron chi connectivity index (χ1n) is 10.3. The number of nitrogens with one attached hydrogen (secondary N) is 1. The minimum atomic E-state index is -0.859. The van der Waals surface area contributed by atoms with E-state index in [0.717, 1.165) is 10.0 Å². The molecular weight excluding hydrogens is 470 g/mol. The number of halogens is 1. The Morgan fingerprint density at radius 1 is 0.875 bits per heavy atom. The molecule has 0 aliphatic carbocycles. The van der Waals surface area contributed by atoms with Crippen LogP contribution in [0.25, 0.3) is 0 Å². The summed E-state index contributed by atoms with van der Waals surface area (Å²) in [6.07, 6.45) is 0.478. The summed E-state index contributed by atoms with van der Waals surface area (Å²) in [6, 6.07) is 24.5. The van der Waals surface area contributed by atoms with Gasteiger partial charge in [-0.2, -0.15) is 0 Å². The van der Waals surface area contributed by atoms with Crippen LogP contribution in [0.2, 0.25) is 0 Å². The van der Waals surface area contributed by atoms with Crippen LogP contribution in [-0.2, 0) is 16.0 Å². The molecule has 162 valence electrons. The van der Waals surface area contributed by atoms with E-state index in [0.29, 0.717) is 24.3 Å². The zero-order valence-corrected chi connectivity index (χ0v) is 18.9. The van der Waals surface area contributed by atoms with Gasteiger partial charge in [-0.3, -0.25) is 9.59 Å². The summed E-state index contributed by atoms with van der Waals surface area (Å²) in [4.78, 5) is 41.9. The van der Waals surface area contributed by atoms with Crippen molar-refractivity contribution in [2.75, 3.05) is 16.8 Å². The lowest BCUT2D eigenvalue weighted by Crippen LogP contribution is -2.39. The van der Waals surface area contributed by atoms with Gasteiger partial charge in [0.2, 0.25) is 5.91 Å². The van der Waals surface area contributed by atoms with Crippen molar-refractivity contribution in [3.8, 4) is 0 Å². The molecule has 1 heterocycles. The first-order chi connectivity index (χ1) is 15.5. The normalized spacial score (nSPS) is 15.8. The van der Waals surface area contributed by atoms with Crippen LogP contribution in [0, 0.1) is 0 Å². The van der Waals surface area contributed by atoms with Crippen molar-refractivity contribution in [2.24, 2.45) is 0 Å². The Kier molecular flexibility index (Phi) is 6.66. The minimum Gasteiger partial charge on any atom is -0.326 e. The van der Waals surface area contributed by atoms with Crippen LogP contribution in [0.15, 0.2) is 89.4 Å². The van der Waals surface area contributed by atoms with Gasteiger partial charge in [0.1, 0.15) is 6.04 Å². The van der Waals surface area contributed by atoms with Crippen molar-refractivity contribution >= 4 is 45.2 Å². The molecule has 1 aliphatic rings. The summed E-state index contributed by atoms with van der Waals surface area (Å²) in [5.41, 5.74) is 2.19. The maximum absolute atomic E-state index is 13.2. The molecule has 4 amide bonds. The van der Waals surface area contributed by atoms with E-state index in [4.69, 9.17) is 0 Å². The van der Waals surface area contributed by atoms with Crippen LogP contribution in [0.3, 0.4) is 0 Å². The molecule has 1 saturated heterocycles. The first kappa shape index (κ1) is 21.8. The maximum atomic E-state index is 13.2. The van der Waals surface area contributed by atoms with Crippen LogP contribution >= 0.6 is 15.9 Å². The summed E-state index contributed by atoms with van der Waals surface area (Å²) in [6.45, 7) is 0.341. The number of para-hydroxylation sites is 1. The van der Waals surface area contributed by atoms with Crippen molar-refractivity contribution in [2.45, 2.75) is 18.9 Å². The van der Waals surface area contributed by atoms with Crippen LogP contribution in [0.1, 0.15) is 12.0 Å². The van der Waals surface area contributed by atoms with E-state index in [1.165, 1.54) is 9.80 Å². The smallest absolute Gasteiger partial charge is 0.326 e. The Morgan fingerprint density at radius 2 is 1.50 bits per heavy atom. The van der Waals surface area contributed by atoms with Gasteiger partial charge in [-0.1, -0.05) is 64.5 Å². The van der Waals surface area contributed by atoms with Gasteiger partial charge in [-0.15, -0.1) is 0 Å². The highest BCUT2D eigenvalue weighted by Gasteiger charge is 2.46. The molecule has 0 bridgehead atoms. The van der Waals surface area contributed by atoms with Crippen molar-refractivity contribution < 1.29 is 14.4 Å². The zero-order valence-electron chi connectivity index (χ0n) is 17.3. The van der Waals surface area contributed by atoms with Gasteiger partial charge >= 0.3 is 6.03 Å². The average molecular weight is 492 g/mol. The standard InChI is InChI=1S/C25H22BrN3O3/c26-19-11-13-20(14-12-19)27-23(30)17-22-24(31)29(21-9-5-2-6-10-21)25(32)28(22)16-15-18-7-3-1-4-8-18/h1-14,22H,15-17H2,(H,27,30)/t22-/m1/s1. The Bertz CT molecular complexity index is 1100. The average Bonchev–Trinajstić information content (AvgIpc) is 3.04. The highest BCUT2D eigenvalue weighted by atomic mass is 79.9. The highest BCUT2D eigenvalue weighted by Crippen LogP contribution is 2.27. The van der Waals surface area contributed by atoms with E-state index in [2.05, 4.69) is 21.2 Å². The van der Waals surface area contributed by atoms with Crippen LogP contribution in [-0.4, -0.2) is 35.3 Å². The molecule has 0 radical (unpaired) electrons. The van der Waals surface area contributed by atoms with E-state index < -0.39 is 12.1 Å². The monoisotopic (exact) mass is 491 g/mol. The Labute approximate surface area is 195 Å². The lowest BCUT2D eigenvalue weighted by molar-refractivity contribution is -0.124. The molecule has 0 spiro atoms. The molecular formula is C25H22BrN3O3. The molecule has 1 N–H and O–H groups in total. The fourth-order valence-corrected chi connectivity index (χ4v) is 3.98. The molecule has 3 aromatic rings. The summed E-state index contributed by atoms with van der Waals surface area (Å²) in [5, 5.41) is 2.81. The number of anilines is 2. The topological polar surface area (TPSA) is 69.7 Å². The summed E-state index contributed by atoms with van der Waals surface area (Å²) < 4.78 is 0.901. The lowest BCUT2D eigenvalue weighted by atomic mass is 10.1. The molecule has 1 fully saturated rings. The van der Waals surface area contributed by atoms with Crippen molar-refractivity contribution in [1.29, 1.82) is 0 Å². The van der Waals surface area contributed by atoms with E-state index in [9.17, 15) is 14.4 Å². The van der Waals surface area contributed by atoms with Crippen LogP contribution < -0.4 is 10.2 Å². The van der Waals surface area contributed by atoms with Crippen molar-refractivity contribution in [3.05, 3.63) is 95.0 Å². The molecule has 3 aromatic carbocycles. The Balaban J connectivity index is 1.54. The number of hydrogen-bond acceptors (Lipinski definition) is 3. The van der Waals surface area contributed by atoms with Crippen LogP contribution in [0.4, 0.5) is 16.2 Å². The van der Waals surface area contributed by atoms with Gasteiger partial charge in [0.15, 0.2) is 0 Å². The second kappa shape index (κ2) is 9.78. The largest absolute Gasteiger partial charge is 0.332 e. The lowest BCUT2D eigenvalue weighted by Gasteiger charge is -2.21. The van der Waals surface area contributed by atoms with Gasteiger partial charge in [0.05, 0.1) is 12.1 Å². The molecule has 0 unspecified atom stereocenters. The third-order valence-electron chi connectivity index (χ3n) is 5.32. The van der Waals surface area contributed by atoms with Gasteiger partial charge in [-0.05, 0) is 48.4 Å². The fraction of sp³-hybridized carbons (Fsp3) is 0.160. The summed E-state index contributed by atoms with van der Waals surface area (Å²) in [7, 11) is 0. The van der Waals surface area contributed by atoms with Gasteiger partial charge in [0.25, 0.3) is 5.91 Å². The molecule has 6 nitrogen and oxygen atoms in total. The molecule has 32 heavy (non-hydrogen) atoms. The van der Waals surface area contributed by atoms with E-state index in [1.54, 1.807) is 36.4 Å². The quantitative estimate of drug-likeness (QED) is 0.479. The molecule has 0 saturated carbocycles. The predicted octanol–water partition coefficient (Wildman–Crippen LogP) is 4.86. The van der Waals surface area contributed by atoms with Crippen molar-refractivity contribution in [1.82, 2.24) is 4.90 Å². The third-order valence-corrected chi connectivity index (χ3v) is 5.85. The Morgan fingerprint density at radius 3 is 2.16 bits per heavy atom. The first-order valence-corrected chi connectivity index (χ1v) is 11.1. The predicted molar refractivity (Wildman–Crippen MR) is 127 cm³/mol. The van der Waals surface area contributed by atoms with Gasteiger partial charge < -0.3 is 10.2 Å². The number of imide groups is 1. The summed E-state index contributed by atoms with van der Waals surface area (Å²) in [5.74, 6) is -0.710. The Hall–Kier alpha value is -3.45. The minimum absolute atomic E-state index is 0.112. The molecule has 0 aromatic heterocycles. The number of rotatable bonds is 7. The summed E-state index contributed by atoms with van der Waals surface area (Å²) >= 11 is 3.36. The number of carbonyl (C=O) groups excluding carboxylic acids is 3. The number of nitrogens with zero attached hydrogens (tertiary/aromatic N) is 2. The highest BCUT2D eigenvalue weighted by molar-refractivity contribution is 9.10. The second-order valence-corrected chi connectivity index (χ2v) is 8.41. The van der Waals surface area contributed by atoms with Gasteiger partial charge in [-0.25, -0.2) is 9.69 Å². The number of amides is 4. The molecule has 4 rings (SSSR count). The van der Waals surface area contributed by atoms with Crippen molar-refractivity contribution in [3.63, 3.8) is 0 Å².